The second-order valence-corrected chi connectivity index (χ2v) is 5.71. The van der Waals surface area contributed by atoms with Gasteiger partial charge in [0.2, 0.25) is 0 Å². The van der Waals surface area contributed by atoms with Gasteiger partial charge in [-0.15, -0.1) is 0 Å². The molecule has 0 unspecified atom stereocenters. The van der Waals surface area contributed by atoms with Crippen LogP contribution in [0.4, 0.5) is 10.1 Å². The molecule has 0 saturated heterocycles. The molecule has 0 fully saturated rings. The molecule has 0 amide bonds. The maximum Gasteiger partial charge on any atom is 0.175 e. The maximum atomic E-state index is 13.5. The molecule has 1 aromatic carbocycles. The van der Waals surface area contributed by atoms with Crippen LogP contribution in [-0.2, 0) is 9.84 Å². The second kappa shape index (κ2) is 5.97. The molecule has 4 nitrogen and oxygen atoms in total. The SMILES string of the molecule is CCNCCNc1ccc(S(C)(=O)=O)cc1F. The van der Waals surface area contributed by atoms with Gasteiger partial charge in [0.05, 0.1) is 10.6 Å². The van der Waals surface area contributed by atoms with Crippen molar-refractivity contribution < 1.29 is 12.8 Å². The van der Waals surface area contributed by atoms with Gasteiger partial charge in [0, 0.05) is 19.3 Å². The van der Waals surface area contributed by atoms with Crippen LogP contribution in [-0.4, -0.2) is 34.3 Å². The van der Waals surface area contributed by atoms with Crippen LogP contribution in [0.1, 0.15) is 6.92 Å². The predicted molar refractivity (Wildman–Crippen MR) is 66.5 cm³/mol. The molecule has 0 aromatic heterocycles. The van der Waals surface area contributed by atoms with Crippen molar-refractivity contribution in [1.29, 1.82) is 0 Å². The van der Waals surface area contributed by atoms with Gasteiger partial charge in [0.15, 0.2) is 9.84 Å². The Balaban J connectivity index is 2.70. The van der Waals surface area contributed by atoms with E-state index in [1.165, 1.54) is 12.1 Å². The van der Waals surface area contributed by atoms with Gasteiger partial charge >= 0.3 is 0 Å². The average molecular weight is 260 g/mol. The summed E-state index contributed by atoms with van der Waals surface area (Å²) in [6, 6.07) is 3.87. The van der Waals surface area contributed by atoms with Gasteiger partial charge in [0.1, 0.15) is 5.82 Å². The Morgan fingerprint density at radius 1 is 1.29 bits per heavy atom. The van der Waals surface area contributed by atoms with E-state index in [-0.39, 0.29) is 4.90 Å². The standard InChI is InChI=1S/C11H17FN2O2S/c1-3-13-6-7-14-11-5-4-9(8-10(11)12)17(2,15)16/h4-5,8,13-14H,3,6-7H2,1-2H3. The molecule has 0 atom stereocenters. The number of halogens is 1. The first-order valence-electron chi connectivity index (χ1n) is 5.39. The van der Waals surface area contributed by atoms with Gasteiger partial charge in [-0.25, -0.2) is 12.8 Å². The first-order chi connectivity index (χ1) is 7.95. The lowest BCUT2D eigenvalue weighted by Crippen LogP contribution is -2.21. The quantitative estimate of drug-likeness (QED) is 0.756. The lowest BCUT2D eigenvalue weighted by atomic mass is 10.3. The summed E-state index contributed by atoms with van der Waals surface area (Å²) in [4.78, 5) is -0.00719. The summed E-state index contributed by atoms with van der Waals surface area (Å²) in [6.07, 6.45) is 1.06. The van der Waals surface area contributed by atoms with Crippen molar-refractivity contribution in [3.63, 3.8) is 0 Å². The topological polar surface area (TPSA) is 58.2 Å². The number of nitrogens with one attached hydrogen (secondary N) is 2. The molecular formula is C11H17FN2O2S. The third-order valence-corrected chi connectivity index (χ3v) is 3.35. The van der Waals surface area contributed by atoms with Crippen molar-refractivity contribution in [1.82, 2.24) is 5.32 Å². The molecule has 0 bridgehead atoms. The fourth-order valence-electron chi connectivity index (χ4n) is 1.33. The molecule has 0 radical (unpaired) electrons. The van der Waals surface area contributed by atoms with Gasteiger partial charge in [-0.1, -0.05) is 6.92 Å². The second-order valence-electron chi connectivity index (χ2n) is 3.69. The predicted octanol–water partition coefficient (Wildman–Crippen LogP) is 1.25. The molecular weight excluding hydrogens is 243 g/mol. The summed E-state index contributed by atoms with van der Waals surface area (Å²) in [5.41, 5.74) is 0.315. The normalized spacial score (nSPS) is 11.5. The zero-order valence-corrected chi connectivity index (χ0v) is 10.8. The summed E-state index contributed by atoms with van der Waals surface area (Å²) in [6.45, 7) is 4.16. The Bertz CT molecular complexity index is 474. The van der Waals surface area contributed by atoms with Crippen LogP contribution in [0, 0.1) is 5.82 Å². The van der Waals surface area contributed by atoms with E-state index in [1.54, 1.807) is 0 Å². The van der Waals surface area contributed by atoms with Crippen molar-refractivity contribution >= 4 is 15.5 Å². The number of anilines is 1. The summed E-state index contributed by atoms with van der Waals surface area (Å²) in [5.74, 6) is -0.551. The van der Waals surface area contributed by atoms with Gasteiger partial charge in [0.25, 0.3) is 0 Å². The Hall–Kier alpha value is -1.14. The highest BCUT2D eigenvalue weighted by molar-refractivity contribution is 7.90. The van der Waals surface area contributed by atoms with E-state index in [1.807, 2.05) is 6.92 Å². The molecule has 0 spiro atoms. The van der Waals surface area contributed by atoms with Gasteiger partial charge in [-0.05, 0) is 24.7 Å². The van der Waals surface area contributed by atoms with E-state index in [4.69, 9.17) is 0 Å². The van der Waals surface area contributed by atoms with Gasteiger partial charge < -0.3 is 10.6 Å². The summed E-state index contributed by atoms with van der Waals surface area (Å²) in [7, 11) is -3.35. The zero-order valence-electron chi connectivity index (χ0n) is 9.96. The van der Waals surface area contributed by atoms with E-state index >= 15 is 0 Å². The smallest absolute Gasteiger partial charge is 0.175 e. The molecule has 1 rings (SSSR count). The molecule has 96 valence electrons. The fraction of sp³-hybridized carbons (Fsp3) is 0.455. The Kier molecular flexibility index (Phi) is 4.89. The van der Waals surface area contributed by atoms with Crippen LogP contribution in [0.5, 0.6) is 0 Å². The third kappa shape index (κ3) is 4.32. The molecule has 0 heterocycles. The average Bonchev–Trinajstić information content (AvgIpc) is 2.24. The van der Waals surface area contributed by atoms with Crippen LogP contribution in [0.15, 0.2) is 23.1 Å². The van der Waals surface area contributed by atoms with Gasteiger partial charge in [-0.3, -0.25) is 0 Å². The van der Waals surface area contributed by atoms with Crippen LogP contribution >= 0.6 is 0 Å². The van der Waals surface area contributed by atoms with E-state index < -0.39 is 15.7 Å². The maximum absolute atomic E-state index is 13.5. The first-order valence-corrected chi connectivity index (χ1v) is 7.28. The zero-order chi connectivity index (χ0) is 12.9. The van der Waals surface area contributed by atoms with Crippen molar-refractivity contribution in [2.24, 2.45) is 0 Å². The highest BCUT2D eigenvalue weighted by Gasteiger charge is 2.10. The van der Waals surface area contributed by atoms with Crippen LogP contribution in [0.3, 0.4) is 0 Å². The molecule has 17 heavy (non-hydrogen) atoms. The summed E-state index contributed by atoms with van der Waals surface area (Å²) in [5, 5.41) is 5.99. The first kappa shape index (κ1) is 13.9. The fourth-order valence-corrected chi connectivity index (χ4v) is 1.96. The van der Waals surface area contributed by atoms with Crippen LogP contribution < -0.4 is 10.6 Å². The number of benzene rings is 1. The number of likely N-dealkylation sites (N-methyl/N-ethyl adjacent to an activating group) is 1. The van der Waals surface area contributed by atoms with Crippen molar-refractivity contribution in [2.45, 2.75) is 11.8 Å². The number of sulfone groups is 1. The highest BCUT2D eigenvalue weighted by Crippen LogP contribution is 2.18. The molecule has 0 aliphatic heterocycles. The van der Waals surface area contributed by atoms with Crippen molar-refractivity contribution in [2.75, 3.05) is 31.2 Å². The number of hydrogen-bond donors (Lipinski definition) is 2. The minimum atomic E-state index is -3.35. The largest absolute Gasteiger partial charge is 0.381 e. The lowest BCUT2D eigenvalue weighted by molar-refractivity contribution is 0.596. The lowest BCUT2D eigenvalue weighted by Gasteiger charge is -2.08. The monoisotopic (exact) mass is 260 g/mol. The summed E-state index contributed by atoms with van der Waals surface area (Å²) >= 11 is 0. The van der Waals surface area contributed by atoms with Crippen LogP contribution in [0.2, 0.25) is 0 Å². The molecule has 0 aliphatic carbocycles. The minimum Gasteiger partial charge on any atom is -0.381 e. The van der Waals surface area contributed by atoms with Crippen LogP contribution in [0.25, 0.3) is 0 Å². The third-order valence-electron chi connectivity index (χ3n) is 2.24. The van der Waals surface area contributed by atoms with Crippen molar-refractivity contribution in [3.8, 4) is 0 Å². The van der Waals surface area contributed by atoms with Crippen molar-refractivity contribution in [3.05, 3.63) is 24.0 Å². The van der Waals surface area contributed by atoms with E-state index in [0.29, 0.717) is 12.2 Å². The Morgan fingerprint density at radius 3 is 2.53 bits per heavy atom. The molecule has 6 heteroatoms. The molecule has 2 N–H and O–H groups in total. The van der Waals surface area contributed by atoms with E-state index in [0.717, 1.165) is 25.4 Å². The molecule has 1 aromatic rings. The van der Waals surface area contributed by atoms with E-state index in [2.05, 4.69) is 10.6 Å². The Labute approximate surface area is 101 Å². The Morgan fingerprint density at radius 2 is 2.00 bits per heavy atom. The highest BCUT2D eigenvalue weighted by atomic mass is 32.2. The van der Waals surface area contributed by atoms with E-state index in [9.17, 15) is 12.8 Å². The van der Waals surface area contributed by atoms with Gasteiger partial charge in [-0.2, -0.15) is 0 Å². The molecule has 0 saturated carbocycles. The summed E-state index contributed by atoms with van der Waals surface area (Å²) < 4.78 is 35.9. The molecule has 0 aliphatic rings. The minimum absolute atomic E-state index is 0.00719. The number of rotatable bonds is 6. The number of hydrogen-bond acceptors (Lipinski definition) is 4.